The number of hydrogen-bond donors (Lipinski definition) is 1. The molecule has 2 heterocycles. The van der Waals surface area contributed by atoms with Crippen molar-refractivity contribution in [2.24, 2.45) is 0 Å². The molecule has 0 aliphatic carbocycles. The number of alkyl halides is 1. The van der Waals surface area contributed by atoms with Gasteiger partial charge in [-0.1, -0.05) is 12.1 Å². The third kappa shape index (κ3) is 2.89. The van der Waals surface area contributed by atoms with Gasteiger partial charge in [0, 0.05) is 25.6 Å². The minimum atomic E-state index is -3.89. The lowest BCUT2D eigenvalue weighted by Gasteiger charge is -2.17. The van der Waals surface area contributed by atoms with Gasteiger partial charge in [-0.3, -0.25) is 0 Å². The Morgan fingerprint density at radius 3 is 2.65 bits per heavy atom. The summed E-state index contributed by atoms with van der Waals surface area (Å²) in [6, 6.07) is 4.90. The molecule has 1 aromatic heterocycles. The van der Waals surface area contributed by atoms with Crippen LogP contribution in [0.25, 0.3) is 11.3 Å². The number of β-amino-alcohol motifs (C(OH)–C–C–N with tert-alkyl or cyclic N) is 1. The second-order valence-corrected chi connectivity index (χ2v) is 7.54. The maximum absolute atomic E-state index is 13.5. The van der Waals surface area contributed by atoms with E-state index in [-0.39, 0.29) is 18.0 Å². The number of aliphatic hydroxyl groups excluding tert-OH is 1. The Kier molecular flexibility index (Phi) is 3.99. The minimum absolute atomic E-state index is 0.0744. The largest absolute Gasteiger partial charge is 0.441 e. The van der Waals surface area contributed by atoms with Crippen molar-refractivity contribution in [2.75, 3.05) is 13.1 Å². The van der Waals surface area contributed by atoms with Crippen molar-refractivity contribution >= 4 is 10.0 Å². The van der Waals surface area contributed by atoms with E-state index in [2.05, 4.69) is 4.98 Å². The normalized spacial score (nSPS) is 22.6. The third-order valence-corrected chi connectivity index (χ3v) is 5.87. The average molecular weight is 340 g/mol. The zero-order valence-electron chi connectivity index (χ0n) is 12.7. The molecule has 0 bridgehead atoms. The van der Waals surface area contributed by atoms with Crippen LogP contribution in [-0.2, 0) is 10.0 Å². The SMILES string of the molecule is Cc1ncc(-c2ccc(C)c(S(=O)(=O)N3C[C@@H](O)[C@H](F)C3)c2)o1. The molecule has 3 rings (SSSR count). The minimum Gasteiger partial charge on any atom is -0.441 e. The molecule has 1 aliphatic rings. The van der Waals surface area contributed by atoms with E-state index in [1.165, 1.54) is 12.3 Å². The average Bonchev–Trinajstić information content (AvgIpc) is 3.06. The van der Waals surface area contributed by atoms with Crippen molar-refractivity contribution in [3.05, 3.63) is 35.9 Å². The standard InChI is InChI=1S/C15H17FN2O4S/c1-9-3-4-11(14-6-17-10(2)22-14)5-15(9)23(20,21)18-7-12(16)13(19)8-18/h3-6,12-13,19H,7-8H2,1-2H3/t12-,13-/m1/s1. The van der Waals surface area contributed by atoms with E-state index in [1.54, 1.807) is 26.0 Å². The molecule has 0 spiro atoms. The summed E-state index contributed by atoms with van der Waals surface area (Å²) in [5, 5.41) is 9.48. The summed E-state index contributed by atoms with van der Waals surface area (Å²) in [6.45, 7) is 2.78. The fourth-order valence-corrected chi connectivity index (χ4v) is 4.29. The highest BCUT2D eigenvalue weighted by molar-refractivity contribution is 7.89. The van der Waals surface area contributed by atoms with Gasteiger partial charge in [0.15, 0.2) is 11.7 Å². The van der Waals surface area contributed by atoms with Crippen LogP contribution >= 0.6 is 0 Å². The number of hydrogen-bond acceptors (Lipinski definition) is 5. The molecule has 23 heavy (non-hydrogen) atoms. The van der Waals surface area contributed by atoms with Crippen molar-refractivity contribution < 1.29 is 22.3 Å². The van der Waals surface area contributed by atoms with E-state index in [0.29, 0.717) is 22.8 Å². The van der Waals surface area contributed by atoms with Gasteiger partial charge < -0.3 is 9.52 Å². The molecule has 124 valence electrons. The maximum Gasteiger partial charge on any atom is 0.243 e. The van der Waals surface area contributed by atoms with Crippen LogP contribution in [-0.4, -0.2) is 48.2 Å². The first kappa shape index (κ1) is 16.1. The molecule has 8 heteroatoms. The molecular formula is C15H17FN2O4S. The van der Waals surface area contributed by atoms with E-state index in [1.807, 2.05) is 0 Å². The zero-order chi connectivity index (χ0) is 16.8. The fraction of sp³-hybridized carbons (Fsp3) is 0.400. The van der Waals surface area contributed by atoms with Gasteiger partial charge in [0.1, 0.15) is 12.3 Å². The van der Waals surface area contributed by atoms with Crippen LogP contribution in [0.5, 0.6) is 0 Å². The lowest BCUT2D eigenvalue weighted by molar-refractivity contribution is 0.117. The van der Waals surface area contributed by atoms with Gasteiger partial charge in [-0.05, 0) is 18.6 Å². The van der Waals surface area contributed by atoms with Gasteiger partial charge in [0.05, 0.1) is 11.1 Å². The Morgan fingerprint density at radius 2 is 2.09 bits per heavy atom. The van der Waals surface area contributed by atoms with Crippen molar-refractivity contribution in [1.29, 1.82) is 0 Å². The Labute approximate surface area is 133 Å². The third-order valence-electron chi connectivity index (χ3n) is 3.90. The van der Waals surface area contributed by atoms with Crippen LogP contribution in [0, 0.1) is 13.8 Å². The smallest absolute Gasteiger partial charge is 0.243 e. The van der Waals surface area contributed by atoms with E-state index < -0.39 is 22.3 Å². The molecule has 1 saturated heterocycles. The van der Waals surface area contributed by atoms with Gasteiger partial charge in [-0.2, -0.15) is 4.31 Å². The molecular weight excluding hydrogens is 323 g/mol. The van der Waals surface area contributed by atoms with Gasteiger partial charge in [0.2, 0.25) is 10.0 Å². The number of benzene rings is 1. The molecule has 0 radical (unpaired) electrons. The van der Waals surface area contributed by atoms with E-state index in [9.17, 15) is 17.9 Å². The number of sulfonamides is 1. The van der Waals surface area contributed by atoms with Crippen molar-refractivity contribution in [3.63, 3.8) is 0 Å². The Bertz CT molecular complexity index is 824. The van der Waals surface area contributed by atoms with Crippen molar-refractivity contribution in [2.45, 2.75) is 31.0 Å². The van der Waals surface area contributed by atoms with Gasteiger partial charge >= 0.3 is 0 Å². The Hall–Kier alpha value is -1.77. The predicted octanol–water partition coefficient (Wildman–Crippen LogP) is 1.66. The van der Waals surface area contributed by atoms with Crippen LogP contribution in [0.1, 0.15) is 11.5 Å². The Balaban J connectivity index is 2.02. The zero-order valence-corrected chi connectivity index (χ0v) is 13.5. The molecule has 0 saturated carbocycles. The van der Waals surface area contributed by atoms with Crippen LogP contribution in [0.2, 0.25) is 0 Å². The lowest BCUT2D eigenvalue weighted by Crippen LogP contribution is -2.30. The maximum atomic E-state index is 13.5. The van der Waals surface area contributed by atoms with Gasteiger partial charge in [0.25, 0.3) is 0 Å². The number of aliphatic hydroxyl groups is 1. The van der Waals surface area contributed by atoms with Crippen LogP contribution < -0.4 is 0 Å². The van der Waals surface area contributed by atoms with E-state index in [0.717, 1.165) is 4.31 Å². The van der Waals surface area contributed by atoms with E-state index in [4.69, 9.17) is 4.42 Å². The monoisotopic (exact) mass is 340 g/mol. The highest BCUT2D eigenvalue weighted by Gasteiger charge is 2.39. The van der Waals surface area contributed by atoms with E-state index >= 15 is 0 Å². The summed E-state index contributed by atoms with van der Waals surface area (Å²) in [6.07, 6.45) is -1.33. The molecule has 6 nitrogen and oxygen atoms in total. The van der Waals surface area contributed by atoms with Crippen molar-refractivity contribution in [3.8, 4) is 11.3 Å². The molecule has 2 atom stereocenters. The highest BCUT2D eigenvalue weighted by atomic mass is 32.2. The second kappa shape index (κ2) is 5.70. The highest BCUT2D eigenvalue weighted by Crippen LogP contribution is 2.29. The summed E-state index contributed by atoms with van der Waals surface area (Å²) in [5.41, 5.74) is 1.12. The molecule has 1 fully saturated rings. The predicted molar refractivity (Wildman–Crippen MR) is 81.1 cm³/mol. The fourth-order valence-electron chi connectivity index (χ4n) is 2.58. The number of aryl methyl sites for hydroxylation is 2. The van der Waals surface area contributed by atoms with Crippen LogP contribution in [0.3, 0.4) is 0 Å². The van der Waals surface area contributed by atoms with Crippen LogP contribution in [0.4, 0.5) is 4.39 Å². The summed E-state index contributed by atoms with van der Waals surface area (Å²) in [4.78, 5) is 4.07. The summed E-state index contributed by atoms with van der Waals surface area (Å²) >= 11 is 0. The molecule has 2 aromatic rings. The first-order chi connectivity index (χ1) is 10.8. The van der Waals surface area contributed by atoms with Gasteiger partial charge in [-0.25, -0.2) is 17.8 Å². The summed E-state index contributed by atoms with van der Waals surface area (Å²) in [7, 11) is -3.89. The molecule has 0 amide bonds. The first-order valence-electron chi connectivity index (χ1n) is 7.15. The quantitative estimate of drug-likeness (QED) is 0.919. The van der Waals surface area contributed by atoms with Crippen molar-refractivity contribution in [1.82, 2.24) is 9.29 Å². The molecule has 1 aromatic carbocycles. The molecule has 1 N–H and O–H groups in total. The number of halogens is 1. The number of rotatable bonds is 3. The van der Waals surface area contributed by atoms with Crippen LogP contribution in [0.15, 0.2) is 33.7 Å². The molecule has 0 unspecified atom stereocenters. The summed E-state index contributed by atoms with van der Waals surface area (Å²) < 4.78 is 45.3. The number of nitrogens with zero attached hydrogens (tertiary/aromatic N) is 2. The van der Waals surface area contributed by atoms with Gasteiger partial charge in [-0.15, -0.1) is 0 Å². The Morgan fingerprint density at radius 1 is 1.35 bits per heavy atom. The first-order valence-corrected chi connectivity index (χ1v) is 8.59. The number of aromatic nitrogens is 1. The number of oxazole rings is 1. The molecule has 1 aliphatic heterocycles. The second-order valence-electron chi connectivity index (χ2n) is 5.63. The lowest BCUT2D eigenvalue weighted by atomic mass is 10.1. The topological polar surface area (TPSA) is 83.6 Å². The summed E-state index contributed by atoms with van der Waals surface area (Å²) in [5.74, 6) is 0.941.